The largest absolute Gasteiger partial charge is 0.381 e. The van der Waals surface area contributed by atoms with Crippen LogP contribution in [0.1, 0.15) is 16.7 Å². The Morgan fingerprint density at radius 1 is 1.05 bits per heavy atom. The van der Waals surface area contributed by atoms with E-state index in [0.717, 1.165) is 4.47 Å². The van der Waals surface area contributed by atoms with E-state index in [1.807, 2.05) is 12.1 Å². The molecule has 5 heteroatoms. The van der Waals surface area contributed by atoms with Crippen molar-refractivity contribution in [3.05, 3.63) is 63.4 Å². The Balaban J connectivity index is 2.18. The van der Waals surface area contributed by atoms with E-state index in [0.29, 0.717) is 28.9 Å². The van der Waals surface area contributed by atoms with Crippen LogP contribution >= 0.6 is 15.9 Å². The van der Waals surface area contributed by atoms with Crippen LogP contribution in [0, 0.1) is 28.5 Å². The lowest BCUT2D eigenvalue weighted by atomic mass is 10.1. The van der Waals surface area contributed by atoms with Gasteiger partial charge in [0.25, 0.3) is 0 Å². The van der Waals surface area contributed by atoms with Gasteiger partial charge in [-0.15, -0.1) is 0 Å². The maximum atomic E-state index is 13.6. The summed E-state index contributed by atoms with van der Waals surface area (Å²) in [5, 5.41) is 20.8. The van der Waals surface area contributed by atoms with E-state index < -0.39 is 0 Å². The molecule has 0 aliphatic rings. The lowest BCUT2D eigenvalue weighted by Gasteiger charge is -2.08. The number of nitriles is 2. The minimum Gasteiger partial charge on any atom is -0.381 e. The SMILES string of the molecule is N#Cc1ccc(NCc2cc(Br)ccc2F)cc1C#N. The van der Waals surface area contributed by atoms with Gasteiger partial charge in [-0.3, -0.25) is 0 Å². The van der Waals surface area contributed by atoms with E-state index >= 15 is 0 Å². The Morgan fingerprint density at radius 2 is 1.80 bits per heavy atom. The summed E-state index contributed by atoms with van der Waals surface area (Å²) < 4.78 is 14.4. The zero-order chi connectivity index (χ0) is 14.5. The van der Waals surface area contributed by atoms with E-state index in [1.54, 1.807) is 30.3 Å². The predicted octanol–water partition coefficient (Wildman–Crippen LogP) is 3.94. The molecule has 3 nitrogen and oxygen atoms in total. The fourth-order valence-corrected chi connectivity index (χ4v) is 2.13. The number of nitrogens with zero attached hydrogens (tertiary/aromatic N) is 2. The van der Waals surface area contributed by atoms with Gasteiger partial charge in [0, 0.05) is 22.3 Å². The molecule has 0 saturated heterocycles. The van der Waals surface area contributed by atoms with Crippen molar-refractivity contribution >= 4 is 21.6 Å². The van der Waals surface area contributed by atoms with E-state index in [2.05, 4.69) is 21.2 Å². The van der Waals surface area contributed by atoms with Crippen molar-refractivity contribution in [3.8, 4) is 12.1 Å². The Morgan fingerprint density at radius 3 is 2.50 bits per heavy atom. The maximum absolute atomic E-state index is 13.6. The molecule has 0 radical (unpaired) electrons. The standard InChI is InChI=1S/C15H9BrFN3/c16-13-2-4-15(17)12(5-13)9-20-14-3-1-10(7-18)11(6-14)8-19/h1-6,20H,9H2. The molecule has 2 aromatic carbocycles. The fourth-order valence-electron chi connectivity index (χ4n) is 1.72. The van der Waals surface area contributed by atoms with E-state index in [9.17, 15) is 4.39 Å². The zero-order valence-corrected chi connectivity index (χ0v) is 11.9. The number of halogens is 2. The Kier molecular flexibility index (Phi) is 4.34. The summed E-state index contributed by atoms with van der Waals surface area (Å²) in [5.41, 5.74) is 1.81. The molecular weight excluding hydrogens is 321 g/mol. The molecule has 2 aromatic rings. The number of anilines is 1. The van der Waals surface area contributed by atoms with E-state index in [1.165, 1.54) is 6.07 Å². The van der Waals surface area contributed by atoms with Crippen molar-refractivity contribution in [1.82, 2.24) is 0 Å². The van der Waals surface area contributed by atoms with Crippen LogP contribution in [0.5, 0.6) is 0 Å². The number of hydrogen-bond donors (Lipinski definition) is 1. The summed E-state index contributed by atoms with van der Waals surface area (Å²) >= 11 is 3.29. The summed E-state index contributed by atoms with van der Waals surface area (Å²) in [6, 6.07) is 13.5. The molecule has 20 heavy (non-hydrogen) atoms. The number of rotatable bonds is 3. The Labute approximate surface area is 124 Å². The quantitative estimate of drug-likeness (QED) is 0.927. The molecule has 2 rings (SSSR count). The van der Waals surface area contributed by atoms with Crippen LogP contribution in [0.25, 0.3) is 0 Å². The van der Waals surface area contributed by atoms with Gasteiger partial charge in [0.15, 0.2) is 0 Å². The van der Waals surface area contributed by atoms with Crippen molar-refractivity contribution in [1.29, 1.82) is 10.5 Å². The monoisotopic (exact) mass is 329 g/mol. The van der Waals surface area contributed by atoms with Crippen LogP contribution in [0.4, 0.5) is 10.1 Å². The molecule has 98 valence electrons. The van der Waals surface area contributed by atoms with Gasteiger partial charge in [-0.1, -0.05) is 15.9 Å². The van der Waals surface area contributed by atoms with Crippen LogP contribution in [0.2, 0.25) is 0 Å². The van der Waals surface area contributed by atoms with Crippen molar-refractivity contribution in [2.75, 3.05) is 5.32 Å². The molecule has 1 N–H and O–H groups in total. The first-order valence-electron chi connectivity index (χ1n) is 5.76. The normalized spacial score (nSPS) is 9.60. The van der Waals surface area contributed by atoms with Gasteiger partial charge >= 0.3 is 0 Å². The minimum atomic E-state index is -0.296. The van der Waals surface area contributed by atoms with Gasteiger partial charge < -0.3 is 5.32 Å². The first kappa shape index (κ1) is 14.0. The molecule has 0 aromatic heterocycles. The zero-order valence-electron chi connectivity index (χ0n) is 10.3. The Hall–Kier alpha value is -2.37. The summed E-state index contributed by atoms with van der Waals surface area (Å²) in [6.45, 7) is 0.294. The molecule has 0 saturated carbocycles. The second-order valence-electron chi connectivity index (χ2n) is 4.07. The van der Waals surface area contributed by atoms with Crippen molar-refractivity contribution in [2.24, 2.45) is 0 Å². The third-order valence-electron chi connectivity index (χ3n) is 2.75. The van der Waals surface area contributed by atoms with Crippen LogP contribution in [-0.2, 0) is 6.54 Å². The fraction of sp³-hybridized carbons (Fsp3) is 0.0667. The third kappa shape index (κ3) is 3.14. The highest BCUT2D eigenvalue weighted by Crippen LogP contribution is 2.19. The highest BCUT2D eigenvalue weighted by Gasteiger charge is 2.05. The van der Waals surface area contributed by atoms with Crippen molar-refractivity contribution in [3.63, 3.8) is 0 Å². The molecule has 0 bridgehead atoms. The third-order valence-corrected chi connectivity index (χ3v) is 3.24. The second kappa shape index (κ2) is 6.18. The second-order valence-corrected chi connectivity index (χ2v) is 4.99. The lowest BCUT2D eigenvalue weighted by Crippen LogP contribution is -2.02. The first-order valence-corrected chi connectivity index (χ1v) is 6.55. The Bertz CT molecular complexity index is 729. The van der Waals surface area contributed by atoms with Gasteiger partial charge in [-0.2, -0.15) is 10.5 Å². The molecule has 0 fully saturated rings. The number of hydrogen-bond acceptors (Lipinski definition) is 3. The molecule has 0 spiro atoms. The summed E-state index contributed by atoms with van der Waals surface area (Å²) in [5.74, 6) is -0.296. The summed E-state index contributed by atoms with van der Waals surface area (Å²) in [6.07, 6.45) is 0. The van der Waals surface area contributed by atoms with Gasteiger partial charge in [-0.05, 0) is 36.4 Å². The first-order chi connectivity index (χ1) is 9.63. The van der Waals surface area contributed by atoms with Crippen LogP contribution < -0.4 is 5.32 Å². The van der Waals surface area contributed by atoms with Crippen LogP contribution in [-0.4, -0.2) is 0 Å². The van der Waals surface area contributed by atoms with Gasteiger partial charge in [-0.25, -0.2) is 4.39 Å². The number of benzene rings is 2. The molecule has 0 amide bonds. The van der Waals surface area contributed by atoms with Gasteiger partial charge in [0.2, 0.25) is 0 Å². The number of nitrogens with one attached hydrogen (secondary N) is 1. The molecule has 0 aliphatic heterocycles. The van der Waals surface area contributed by atoms with E-state index in [4.69, 9.17) is 10.5 Å². The molecule has 0 aliphatic carbocycles. The molecular formula is C15H9BrFN3. The molecule has 0 heterocycles. The van der Waals surface area contributed by atoms with Crippen molar-refractivity contribution < 1.29 is 4.39 Å². The molecule has 0 atom stereocenters. The molecule has 0 unspecified atom stereocenters. The highest BCUT2D eigenvalue weighted by molar-refractivity contribution is 9.10. The minimum absolute atomic E-state index is 0.294. The van der Waals surface area contributed by atoms with E-state index in [-0.39, 0.29) is 5.82 Å². The highest BCUT2D eigenvalue weighted by atomic mass is 79.9. The smallest absolute Gasteiger partial charge is 0.128 e. The topological polar surface area (TPSA) is 59.6 Å². The summed E-state index contributed by atoms with van der Waals surface area (Å²) in [7, 11) is 0. The lowest BCUT2D eigenvalue weighted by molar-refractivity contribution is 0.612. The van der Waals surface area contributed by atoms with Crippen LogP contribution in [0.15, 0.2) is 40.9 Å². The average Bonchev–Trinajstić information content (AvgIpc) is 2.47. The summed E-state index contributed by atoms with van der Waals surface area (Å²) in [4.78, 5) is 0. The average molecular weight is 330 g/mol. The van der Waals surface area contributed by atoms with Crippen LogP contribution in [0.3, 0.4) is 0 Å². The predicted molar refractivity (Wildman–Crippen MR) is 77.3 cm³/mol. The van der Waals surface area contributed by atoms with Gasteiger partial charge in [0.05, 0.1) is 11.1 Å². The van der Waals surface area contributed by atoms with Crippen molar-refractivity contribution in [2.45, 2.75) is 6.54 Å². The maximum Gasteiger partial charge on any atom is 0.128 e. The van der Waals surface area contributed by atoms with Gasteiger partial charge in [0.1, 0.15) is 18.0 Å².